The van der Waals surface area contributed by atoms with Gasteiger partial charge in [-0.3, -0.25) is 4.79 Å². The van der Waals surface area contributed by atoms with Crippen LogP contribution in [0.4, 0.5) is 5.82 Å². The molecule has 8 nitrogen and oxygen atoms in total. The van der Waals surface area contributed by atoms with Crippen LogP contribution in [0.3, 0.4) is 0 Å². The summed E-state index contributed by atoms with van der Waals surface area (Å²) in [7, 11) is 0. The molecule has 3 heterocycles. The second kappa shape index (κ2) is 9.56. The highest BCUT2D eigenvalue weighted by atomic mass is 35.5. The van der Waals surface area contributed by atoms with Crippen molar-refractivity contribution in [2.75, 3.05) is 11.9 Å². The van der Waals surface area contributed by atoms with E-state index in [1.54, 1.807) is 41.0 Å². The number of aromatic nitrogens is 3. The van der Waals surface area contributed by atoms with Gasteiger partial charge in [0.1, 0.15) is 11.9 Å². The van der Waals surface area contributed by atoms with E-state index in [0.717, 1.165) is 16.9 Å². The molecule has 1 fully saturated rings. The second-order valence-electron chi connectivity index (χ2n) is 8.29. The van der Waals surface area contributed by atoms with Crippen LogP contribution in [0.15, 0.2) is 60.8 Å². The molecular weight excluding hydrogens is 489 g/mol. The largest absolute Gasteiger partial charge is 0.480 e. The van der Waals surface area contributed by atoms with Gasteiger partial charge in [0.05, 0.1) is 11.9 Å². The molecule has 2 aromatic carbocycles. The number of carboxylic acids is 1. The molecule has 5 rings (SSSR count). The van der Waals surface area contributed by atoms with Crippen molar-refractivity contribution in [3.05, 3.63) is 82.0 Å². The fourth-order valence-electron chi connectivity index (χ4n) is 4.25. The lowest BCUT2D eigenvalue weighted by Crippen LogP contribution is -2.40. The molecule has 1 amide bonds. The third kappa shape index (κ3) is 4.67. The summed E-state index contributed by atoms with van der Waals surface area (Å²) in [5.74, 6) is -0.518. The normalized spacial score (nSPS) is 15.5. The van der Waals surface area contributed by atoms with Crippen LogP contribution in [0.5, 0.6) is 0 Å². The summed E-state index contributed by atoms with van der Waals surface area (Å²) in [5.41, 5.74) is 3.51. The van der Waals surface area contributed by atoms with Crippen LogP contribution < -0.4 is 5.32 Å². The van der Waals surface area contributed by atoms with Crippen molar-refractivity contribution in [2.24, 2.45) is 0 Å². The zero-order chi connectivity index (χ0) is 24.5. The lowest BCUT2D eigenvalue weighted by molar-refractivity contribution is -0.141. The highest BCUT2D eigenvalue weighted by Crippen LogP contribution is 2.26. The van der Waals surface area contributed by atoms with E-state index in [4.69, 9.17) is 23.2 Å². The van der Waals surface area contributed by atoms with Crippen LogP contribution in [0.1, 0.15) is 28.8 Å². The number of aliphatic carboxylic acids is 1. The van der Waals surface area contributed by atoms with Gasteiger partial charge in [-0.2, -0.15) is 9.61 Å². The van der Waals surface area contributed by atoms with E-state index >= 15 is 0 Å². The SMILES string of the molecule is O=C(O)[C@@H]1CCCN1C(=O)c1ccc(-c2cc(NCc3ccc(Cl)cc3Cl)n3nccc3n2)cc1. The molecule has 0 saturated carbocycles. The predicted octanol–water partition coefficient (Wildman–Crippen LogP) is 5.00. The summed E-state index contributed by atoms with van der Waals surface area (Å²) in [5, 5.41) is 18.2. The number of likely N-dealkylation sites (tertiary alicyclic amines) is 1. The van der Waals surface area contributed by atoms with E-state index < -0.39 is 12.0 Å². The quantitative estimate of drug-likeness (QED) is 0.379. The molecule has 1 atom stereocenters. The Kier molecular flexibility index (Phi) is 6.32. The number of carbonyl (C=O) groups excluding carboxylic acids is 1. The summed E-state index contributed by atoms with van der Waals surface area (Å²) >= 11 is 12.3. The van der Waals surface area contributed by atoms with E-state index in [9.17, 15) is 14.7 Å². The number of amides is 1. The number of anilines is 1. The number of hydrogen-bond donors (Lipinski definition) is 2. The third-order valence-electron chi connectivity index (χ3n) is 6.06. The number of hydrogen-bond acceptors (Lipinski definition) is 5. The number of halogens is 2. The number of benzene rings is 2. The van der Waals surface area contributed by atoms with Gasteiger partial charge in [0, 0.05) is 46.4 Å². The van der Waals surface area contributed by atoms with Gasteiger partial charge in [-0.15, -0.1) is 0 Å². The Morgan fingerprint density at radius 1 is 1.09 bits per heavy atom. The van der Waals surface area contributed by atoms with Gasteiger partial charge in [-0.05, 0) is 42.7 Å². The summed E-state index contributed by atoms with van der Waals surface area (Å²) in [6.45, 7) is 0.909. The van der Waals surface area contributed by atoms with Gasteiger partial charge in [-0.1, -0.05) is 41.4 Å². The molecule has 1 aliphatic rings. The molecule has 35 heavy (non-hydrogen) atoms. The molecule has 10 heteroatoms. The van der Waals surface area contributed by atoms with Gasteiger partial charge in [0.25, 0.3) is 5.91 Å². The average molecular weight is 510 g/mol. The lowest BCUT2D eigenvalue weighted by atomic mass is 10.1. The average Bonchev–Trinajstić information content (AvgIpc) is 3.53. The minimum Gasteiger partial charge on any atom is -0.480 e. The monoisotopic (exact) mass is 509 g/mol. The van der Waals surface area contributed by atoms with E-state index in [2.05, 4.69) is 15.4 Å². The van der Waals surface area contributed by atoms with Crippen molar-refractivity contribution in [3.63, 3.8) is 0 Å². The summed E-state index contributed by atoms with van der Waals surface area (Å²) in [4.78, 5) is 30.4. The zero-order valence-corrected chi connectivity index (χ0v) is 20.0. The number of nitrogens with one attached hydrogen (secondary N) is 1. The van der Waals surface area contributed by atoms with Crippen molar-refractivity contribution in [1.29, 1.82) is 0 Å². The van der Waals surface area contributed by atoms with Crippen molar-refractivity contribution in [1.82, 2.24) is 19.5 Å². The van der Waals surface area contributed by atoms with Crippen LogP contribution in [-0.4, -0.2) is 49.1 Å². The van der Waals surface area contributed by atoms with Gasteiger partial charge in [0.15, 0.2) is 5.65 Å². The van der Waals surface area contributed by atoms with E-state index in [-0.39, 0.29) is 5.91 Å². The van der Waals surface area contributed by atoms with E-state index in [0.29, 0.717) is 52.9 Å². The molecule has 1 saturated heterocycles. The molecule has 0 aliphatic carbocycles. The maximum atomic E-state index is 12.9. The number of fused-ring (bicyclic) bond motifs is 1. The number of carbonyl (C=O) groups is 2. The van der Waals surface area contributed by atoms with Crippen LogP contribution in [0.2, 0.25) is 10.0 Å². The first kappa shape index (κ1) is 23.1. The highest BCUT2D eigenvalue weighted by Gasteiger charge is 2.34. The molecule has 0 bridgehead atoms. The number of carboxylic acid groups (broad SMARTS) is 1. The first-order valence-electron chi connectivity index (χ1n) is 11.1. The molecule has 4 aromatic rings. The molecule has 0 radical (unpaired) electrons. The van der Waals surface area contributed by atoms with Crippen LogP contribution in [0, 0.1) is 0 Å². The van der Waals surface area contributed by atoms with Crippen LogP contribution in [-0.2, 0) is 11.3 Å². The number of rotatable bonds is 6. The topological polar surface area (TPSA) is 99.8 Å². The van der Waals surface area contributed by atoms with Crippen molar-refractivity contribution >= 4 is 46.5 Å². The molecule has 178 valence electrons. The Bertz CT molecular complexity index is 1420. The summed E-state index contributed by atoms with van der Waals surface area (Å²) in [6, 6.07) is 15.3. The van der Waals surface area contributed by atoms with Crippen molar-refractivity contribution in [2.45, 2.75) is 25.4 Å². The molecule has 2 N–H and O–H groups in total. The molecule has 0 spiro atoms. The van der Waals surface area contributed by atoms with Crippen molar-refractivity contribution in [3.8, 4) is 11.3 Å². The van der Waals surface area contributed by atoms with Gasteiger partial charge in [-0.25, -0.2) is 9.78 Å². The van der Waals surface area contributed by atoms with Gasteiger partial charge in [0.2, 0.25) is 0 Å². The van der Waals surface area contributed by atoms with Gasteiger partial charge < -0.3 is 15.3 Å². The van der Waals surface area contributed by atoms with E-state index in [1.807, 2.05) is 24.3 Å². The van der Waals surface area contributed by atoms with Crippen molar-refractivity contribution < 1.29 is 14.7 Å². The minimum atomic E-state index is -0.967. The lowest BCUT2D eigenvalue weighted by Gasteiger charge is -2.21. The molecule has 0 unspecified atom stereocenters. The fourth-order valence-corrected chi connectivity index (χ4v) is 4.73. The third-order valence-corrected chi connectivity index (χ3v) is 6.65. The number of nitrogens with zero attached hydrogens (tertiary/aromatic N) is 4. The maximum absolute atomic E-state index is 12.9. The Balaban J connectivity index is 1.40. The first-order chi connectivity index (χ1) is 16.9. The molecule has 1 aliphatic heterocycles. The predicted molar refractivity (Wildman–Crippen MR) is 134 cm³/mol. The molecular formula is C25H21Cl2N5O3. The Morgan fingerprint density at radius 3 is 2.63 bits per heavy atom. The standard InChI is InChI=1S/C25H21Cl2N5O3/c26-18-8-7-17(19(27)12-18)14-28-23-13-20(30-22-9-10-29-32(22)23)15-3-5-16(6-4-15)24(33)31-11-1-2-21(31)25(34)35/h3-10,12-13,21,28H,1-2,11,14H2,(H,34,35)/t21-/m0/s1. The Labute approximate surface area is 211 Å². The zero-order valence-electron chi connectivity index (χ0n) is 18.5. The smallest absolute Gasteiger partial charge is 0.326 e. The van der Waals surface area contributed by atoms with E-state index in [1.165, 1.54) is 4.90 Å². The minimum absolute atomic E-state index is 0.275. The fraction of sp³-hybridized carbons (Fsp3) is 0.200. The summed E-state index contributed by atoms with van der Waals surface area (Å²) < 4.78 is 1.70. The maximum Gasteiger partial charge on any atom is 0.326 e. The highest BCUT2D eigenvalue weighted by molar-refractivity contribution is 6.35. The summed E-state index contributed by atoms with van der Waals surface area (Å²) in [6.07, 6.45) is 2.84. The molecule has 2 aromatic heterocycles. The Hall–Kier alpha value is -3.62. The Morgan fingerprint density at radius 2 is 1.89 bits per heavy atom. The van der Waals surface area contributed by atoms with Crippen LogP contribution in [0.25, 0.3) is 16.9 Å². The van der Waals surface area contributed by atoms with Gasteiger partial charge >= 0.3 is 5.97 Å². The first-order valence-corrected chi connectivity index (χ1v) is 11.8. The van der Waals surface area contributed by atoms with Crippen LogP contribution >= 0.6 is 23.2 Å². The second-order valence-corrected chi connectivity index (χ2v) is 9.13.